The second-order valence-corrected chi connectivity index (χ2v) is 5.57. The number of rotatable bonds is 7. The van der Waals surface area contributed by atoms with Crippen molar-refractivity contribution in [1.29, 1.82) is 0 Å². The molecule has 16 heavy (non-hydrogen) atoms. The Kier molecular flexibility index (Phi) is 6.58. The molecule has 0 aliphatic rings. The van der Waals surface area contributed by atoms with Crippen LogP contribution in [0.5, 0.6) is 0 Å². The minimum atomic E-state index is 0.741. The van der Waals surface area contributed by atoms with Gasteiger partial charge in [-0.15, -0.1) is 0 Å². The SMILES string of the molecule is CSCCNCc1ccc(CC(C)C)cc1. The summed E-state index contributed by atoms with van der Waals surface area (Å²) < 4.78 is 0. The van der Waals surface area contributed by atoms with Gasteiger partial charge in [0.1, 0.15) is 0 Å². The average molecular weight is 237 g/mol. The summed E-state index contributed by atoms with van der Waals surface area (Å²) in [5.41, 5.74) is 2.83. The van der Waals surface area contributed by atoms with E-state index in [0.29, 0.717) is 0 Å². The summed E-state index contributed by atoms with van der Waals surface area (Å²) in [6, 6.07) is 8.99. The summed E-state index contributed by atoms with van der Waals surface area (Å²) in [5.74, 6) is 1.93. The Labute approximate surface area is 104 Å². The van der Waals surface area contributed by atoms with Crippen LogP contribution in [0.3, 0.4) is 0 Å². The van der Waals surface area contributed by atoms with Crippen molar-refractivity contribution in [3.8, 4) is 0 Å². The van der Waals surface area contributed by atoms with Gasteiger partial charge in [0, 0.05) is 18.8 Å². The van der Waals surface area contributed by atoms with Crippen LogP contribution in [0, 0.1) is 5.92 Å². The number of hydrogen-bond donors (Lipinski definition) is 1. The second kappa shape index (κ2) is 7.75. The molecule has 0 aliphatic carbocycles. The second-order valence-electron chi connectivity index (χ2n) is 4.58. The highest BCUT2D eigenvalue weighted by atomic mass is 32.2. The number of hydrogen-bond acceptors (Lipinski definition) is 2. The molecule has 0 saturated carbocycles. The summed E-state index contributed by atoms with van der Waals surface area (Å²) in [6.07, 6.45) is 3.32. The van der Waals surface area contributed by atoms with Crippen LogP contribution >= 0.6 is 11.8 Å². The molecule has 1 rings (SSSR count). The minimum Gasteiger partial charge on any atom is -0.312 e. The highest BCUT2D eigenvalue weighted by Crippen LogP contribution is 2.09. The molecule has 0 aromatic heterocycles. The molecular weight excluding hydrogens is 214 g/mol. The van der Waals surface area contributed by atoms with E-state index in [1.54, 1.807) is 0 Å². The maximum absolute atomic E-state index is 3.44. The van der Waals surface area contributed by atoms with Crippen LogP contribution in [0.25, 0.3) is 0 Å². The Morgan fingerprint density at radius 1 is 1.12 bits per heavy atom. The van der Waals surface area contributed by atoms with E-state index in [2.05, 4.69) is 49.7 Å². The maximum atomic E-state index is 3.44. The molecule has 0 aliphatic heterocycles. The average Bonchev–Trinajstić information content (AvgIpc) is 2.26. The smallest absolute Gasteiger partial charge is 0.0205 e. The van der Waals surface area contributed by atoms with Crippen LogP contribution in [0.1, 0.15) is 25.0 Å². The molecule has 0 saturated heterocycles. The molecule has 1 N–H and O–H groups in total. The van der Waals surface area contributed by atoms with Crippen molar-refractivity contribution in [2.75, 3.05) is 18.6 Å². The highest BCUT2D eigenvalue weighted by Gasteiger charge is 1.98. The van der Waals surface area contributed by atoms with E-state index in [4.69, 9.17) is 0 Å². The third-order valence-electron chi connectivity index (χ3n) is 2.48. The molecule has 0 fully saturated rings. The van der Waals surface area contributed by atoms with Crippen molar-refractivity contribution >= 4 is 11.8 Å². The van der Waals surface area contributed by atoms with E-state index in [0.717, 1.165) is 19.0 Å². The summed E-state index contributed by atoms with van der Waals surface area (Å²) in [5, 5.41) is 3.44. The van der Waals surface area contributed by atoms with Crippen LogP contribution in [0.2, 0.25) is 0 Å². The molecule has 0 amide bonds. The van der Waals surface area contributed by atoms with E-state index in [1.807, 2.05) is 11.8 Å². The van der Waals surface area contributed by atoms with Gasteiger partial charge in [-0.1, -0.05) is 38.1 Å². The summed E-state index contributed by atoms with van der Waals surface area (Å²) >= 11 is 1.88. The van der Waals surface area contributed by atoms with Gasteiger partial charge in [-0.25, -0.2) is 0 Å². The Bertz CT molecular complexity index is 279. The lowest BCUT2D eigenvalue weighted by atomic mass is 10.0. The topological polar surface area (TPSA) is 12.0 Å². The van der Waals surface area contributed by atoms with Gasteiger partial charge in [-0.05, 0) is 29.7 Å². The van der Waals surface area contributed by atoms with Crippen molar-refractivity contribution in [3.05, 3.63) is 35.4 Å². The molecule has 0 heterocycles. The van der Waals surface area contributed by atoms with E-state index in [1.165, 1.54) is 23.3 Å². The first-order chi connectivity index (χ1) is 7.72. The van der Waals surface area contributed by atoms with E-state index >= 15 is 0 Å². The fraction of sp³-hybridized carbons (Fsp3) is 0.571. The van der Waals surface area contributed by atoms with E-state index < -0.39 is 0 Å². The summed E-state index contributed by atoms with van der Waals surface area (Å²) in [6.45, 7) is 6.60. The first-order valence-corrected chi connectivity index (χ1v) is 7.39. The third kappa shape index (κ3) is 5.57. The standard InChI is InChI=1S/C14H23NS/c1-12(2)10-13-4-6-14(7-5-13)11-15-8-9-16-3/h4-7,12,15H,8-11H2,1-3H3. The number of thioether (sulfide) groups is 1. The number of nitrogens with one attached hydrogen (secondary N) is 1. The maximum Gasteiger partial charge on any atom is 0.0205 e. The quantitative estimate of drug-likeness (QED) is 0.730. The zero-order valence-corrected chi connectivity index (χ0v) is 11.4. The van der Waals surface area contributed by atoms with Gasteiger partial charge in [0.15, 0.2) is 0 Å². The van der Waals surface area contributed by atoms with Crippen LogP contribution in [-0.4, -0.2) is 18.6 Å². The highest BCUT2D eigenvalue weighted by molar-refractivity contribution is 7.98. The van der Waals surface area contributed by atoms with Gasteiger partial charge in [-0.2, -0.15) is 11.8 Å². The Balaban J connectivity index is 2.33. The van der Waals surface area contributed by atoms with Crippen molar-refractivity contribution in [1.82, 2.24) is 5.32 Å². The van der Waals surface area contributed by atoms with Crippen molar-refractivity contribution in [3.63, 3.8) is 0 Å². The molecule has 0 radical (unpaired) electrons. The number of benzene rings is 1. The molecule has 0 bridgehead atoms. The normalized spacial score (nSPS) is 11.0. The predicted molar refractivity (Wildman–Crippen MR) is 75.1 cm³/mol. The monoisotopic (exact) mass is 237 g/mol. The fourth-order valence-corrected chi connectivity index (χ4v) is 2.02. The first-order valence-electron chi connectivity index (χ1n) is 6.00. The molecular formula is C14H23NS. The molecule has 2 heteroatoms. The van der Waals surface area contributed by atoms with E-state index in [9.17, 15) is 0 Å². The largest absolute Gasteiger partial charge is 0.312 e. The lowest BCUT2D eigenvalue weighted by Gasteiger charge is -2.07. The molecule has 0 spiro atoms. The zero-order chi connectivity index (χ0) is 11.8. The van der Waals surface area contributed by atoms with Crippen LogP contribution in [0.15, 0.2) is 24.3 Å². The van der Waals surface area contributed by atoms with Crippen LogP contribution in [0.4, 0.5) is 0 Å². The van der Waals surface area contributed by atoms with Gasteiger partial charge in [0.2, 0.25) is 0 Å². The van der Waals surface area contributed by atoms with Gasteiger partial charge < -0.3 is 5.32 Å². The van der Waals surface area contributed by atoms with E-state index in [-0.39, 0.29) is 0 Å². The van der Waals surface area contributed by atoms with Crippen LogP contribution < -0.4 is 5.32 Å². The Morgan fingerprint density at radius 2 is 1.75 bits per heavy atom. The fourth-order valence-electron chi connectivity index (χ4n) is 1.67. The summed E-state index contributed by atoms with van der Waals surface area (Å²) in [4.78, 5) is 0. The van der Waals surface area contributed by atoms with Crippen molar-refractivity contribution < 1.29 is 0 Å². The van der Waals surface area contributed by atoms with Gasteiger partial charge in [-0.3, -0.25) is 0 Å². The lowest BCUT2D eigenvalue weighted by Crippen LogP contribution is -2.16. The predicted octanol–water partition coefficient (Wildman–Crippen LogP) is 3.34. The minimum absolute atomic E-state index is 0.741. The molecule has 1 aromatic rings. The molecule has 0 atom stereocenters. The molecule has 1 nitrogen and oxygen atoms in total. The zero-order valence-electron chi connectivity index (χ0n) is 10.6. The Morgan fingerprint density at radius 3 is 2.31 bits per heavy atom. The Hall–Kier alpha value is -0.470. The molecule has 90 valence electrons. The third-order valence-corrected chi connectivity index (χ3v) is 3.09. The molecule has 0 unspecified atom stereocenters. The van der Waals surface area contributed by atoms with Crippen LogP contribution in [-0.2, 0) is 13.0 Å². The van der Waals surface area contributed by atoms with Gasteiger partial charge >= 0.3 is 0 Å². The lowest BCUT2D eigenvalue weighted by molar-refractivity contribution is 0.646. The molecule has 1 aromatic carbocycles. The van der Waals surface area contributed by atoms with Crippen molar-refractivity contribution in [2.45, 2.75) is 26.8 Å². The van der Waals surface area contributed by atoms with Gasteiger partial charge in [0.25, 0.3) is 0 Å². The summed E-state index contributed by atoms with van der Waals surface area (Å²) in [7, 11) is 0. The first kappa shape index (κ1) is 13.6. The van der Waals surface area contributed by atoms with Crippen molar-refractivity contribution in [2.24, 2.45) is 5.92 Å². The van der Waals surface area contributed by atoms with Gasteiger partial charge in [0.05, 0.1) is 0 Å².